The quantitative estimate of drug-likeness (QED) is 0.555. The molecule has 1 aliphatic heterocycles. The first-order valence-corrected chi connectivity index (χ1v) is 11.6. The van der Waals surface area contributed by atoms with Gasteiger partial charge in [-0.2, -0.15) is 9.67 Å². The molecule has 2 aliphatic rings. The van der Waals surface area contributed by atoms with Gasteiger partial charge in [-0.15, -0.1) is 5.10 Å². The van der Waals surface area contributed by atoms with E-state index in [1.165, 1.54) is 4.68 Å². The van der Waals surface area contributed by atoms with Gasteiger partial charge in [-0.1, -0.05) is 6.08 Å². The molecule has 1 aliphatic carbocycles. The van der Waals surface area contributed by atoms with Crippen LogP contribution in [0.3, 0.4) is 0 Å². The van der Waals surface area contributed by atoms with E-state index in [-0.39, 0.29) is 23.4 Å². The smallest absolute Gasteiger partial charge is 0.245 e. The van der Waals surface area contributed by atoms with Crippen LogP contribution >= 0.6 is 0 Å². The van der Waals surface area contributed by atoms with Gasteiger partial charge in [0, 0.05) is 13.0 Å². The first-order chi connectivity index (χ1) is 16.7. The van der Waals surface area contributed by atoms with Gasteiger partial charge in [-0.3, -0.25) is 4.79 Å². The maximum absolute atomic E-state index is 11.7. The predicted molar refractivity (Wildman–Crippen MR) is 132 cm³/mol. The summed E-state index contributed by atoms with van der Waals surface area (Å²) in [7, 11) is 0. The van der Waals surface area contributed by atoms with Gasteiger partial charge in [-0.25, -0.2) is 4.79 Å². The maximum atomic E-state index is 11.7. The summed E-state index contributed by atoms with van der Waals surface area (Å²) >= 11 is 0. The van der Waals surface area contributed by atoms with E-state index in [0.717, 1.165) is 24.4 Å². The van der Waals surface area contributed by atoms with Crippen LogP contribution < -0.4 is 15.8 Å². The van der Waals surface area contributed by atoms with E-state index in [9.17, 15) is 9.59 Å². The number of nitrogens with zero attached hydrogens (tertiary/aromatic N) is 4. The molecule has 1 atom stereocenters. The van der Waals surface area contributed by atoms with Crippen LogP contribution in [-0.4, -0.2) is 62.9 Å². The maximum Gasteiger partial charge on any atom is 0.245 e. The lowest BCUT2D eigenvalue weighted by atomic mass is 10.0. The van der Waals surface area contributed by atoms with Gasteiger partial charge < -0.3 is 25.4 Å². The highest BCUT2D eigenvalue weighted by atomic mass is 16.5. The van der Waals surface area contributed by atoms with E-state index in [1.807, 2.05) is 51.0 Å². The second kappa shape index (κ2) is 10.1. The SMILES string of the molecule is CC(C)(C)Oc1ccc(-n2nc(NC3C=CC(OCCN4CCCC4=O)=CC3=C=O)nc2N)cc1. The minimum Gasteiger partial charge on any atom is -0.492 e. The lowest BCUT2D eigenvalue weighted by Crippen LogP contribution is -2.28. The Balaban J connectivity index is 1.37. The van der Waals surface area contributed by atoms with Crippen LogP contribution in [0.1, 0.15) is 33.6 Å². The van der Waals surface area contributed by atoms with E-state index in [0.29, 0.717) is 30.9 Å². The van der Waals surface area contributed by atoms with Crippen molar-refractivity contribution in [2.75, 3.05) is 30.7 Å². The summed E-state index contributed by atoms with van der Waals surface area (Å²) in [4.78, 5) is 29.3. The van der Waals surface area contributed by atoms with Crippen molar-refractivity contribution in [2.45, 2.75) is 45.3 Å². The number of nitrogen functional groups attached to an aromatic ring is 1. The van der Waals surface area contributed by atoms with Crippen LogP contribution in [-0.2, 0) is 14.3 Å². The van der Waals surface area contributed by atoms with Crippen LogP contribution in [0.4, 0.5) is 11.9 Å². The summed E-state index contributed by atoms with van der Waals surface area (Å²) in [6, 6.07) is 6.89. The lowest BCUT2D eigenvalue weighted by Gasteiger charge is -2.21. The standard InChI is InChI=1S/C25H30N6O4/c1-25(2,3)35-19-8-6-18(7-9-19)31-23(26)28-24(29-31)27-21-11-10-20(15-17(21)16-32)34-14-13-30-12-4-5-22(30)33/h6-11,15,21H,4-5,12-14H2,1-3H3,(H3,26,27,28,29). The molecule has 10 nitrogen and oxygen atoms in total. The van der Waals surface area contributed by atoms with Gasteiger partial charge in [0.1, 0.15) is 29.7 Å². The zero-order chi connectivity index (χ0) is 25.0. The average molecular weight is 479 g/mol. The number of hydrogen-bond acceptors (Lipinski definition) is 8. The summed E-state index contributed by atoms with van der Waals surface area (Å²) < 4.78 is 13.1. The van der Waals surface area contributed by atoms with Gasteiger partial charge >= 0.3 is 0 Å². The Morgan fingerprint density at radius 1 is 1.26 bits per heavy atom. The Hall–Kier alpha value is -4.04. The molecule has 1 aromatic carbocycles. The number of benzene rings is 1. The van der Waals surface area contributed by atoms with Crippen LogP contribution in [0.15, 0.2) is 53.8 Å². The number of hydrogen-bond donors (Lipinski definition) is 2. The molecule has 0 saturated carbocycles. The fraction of sp³-hybridized carbons (Fsp3) is 0.400. The third-order valence-corrected chi connectivity index (χ3v) is 5.43. The molecule has 1 unspecified atom stereocenters. The van der Waals surface area contributed by atoms with Crippen LogP contribution in [0, 0.1) is 0 Å². The first-order valence-electron chi connectivity index (χ1n) is 11.6. The molecule has 2 heterocycles. The van der Waals surface area contributed by atoms with Crippen molar-refractivity contribution in [3.8, 4) is 11.4 Å². The van der Waals surface area contributed by atoms with Crippen molar-refractivity contribution in [1.82, 2.24) is 19.7 Å². The molecule has 10 heteroatoms. The van der Waals surface area contributed by atoms with Gasteiger partial charge in [-0.05, 0) is 63.6 Å². The normalized spacial score (nSPS) is 17.9. The lowest BCUT2D eigenvalue weighted by molar-refractivity contribution is -0.128. The summed E-state index contributed by atoms with van der Waals surface area (Å²) in [6.45, 7) is 7.59. The highest BCUT2D eigenvalue weighted by molar-refractivity contribution is 5.78. The Bertz CT molecular complexity index is 1190. The van der Waals surface area contributed by atoms with Gasteiger partial charge in [0.2, 0.25) is 17.8 Å². The second-order valence-corrected chi connectivity index (χ2v) is 9.33. The molecule has 184 valence electrons. The molecule has 0 bridgehead atoms. The molecule has 0 radical (unpaired) electrons. The molecule has 2 aromatic rings. The summed E-state index contributed by atoms with van der Waals surface area (Å²) in [5.41, 5.74) is 6.85. The molecule has 1 amide bonds. The van der Waals surface area contributed by atoms with Gasteiger partial charge in [0.25, 0.3) is 0 Å². The van der Waals surface area contributed by atoms with Crippen molar-refractivity contribution in [1.29, 1.82) is 0 Å². The zero-order valence-corrected chi connectivity index (χ0v) is 20.2. The molecular weight excluding hydrogens is 448 g/mol. The van der Waals surface area contributed by atoms with Gasteiger partial charge in [0.05, 0.1) is 23.8 Å². The predicted octanol–water partition coefficient (Wildman–Crippen LogP) is 2.66. The summed E-state index contributed by atoms with van der Waals surface area (Å²) in [6.07, 6.45) is 6.63. The second-order valence-electron chi connectivity index (χ2n) is 9.33. The molecule has 0 spiro atoms. The highest BCUT2D eigenvalue weighted by Crippen LogP contribution is 2.23. The molecule has 4 rings (SSSR count). The fourth-order valence-corrected chi connectivity index (χ4v) is 3.83. The summed E-state index contributed by atoms with van der Waals surface area (Å²) in [5.74, 6) is 3.84. The monoisotopic (exact) mass is 478 g/mol. The first kappa shape index (κ1) is 24.1. The Kier molecular flexibility index (Phi) is 6.93. The molecular formula is C25H30N6O4. The largest absolute Gasteiger partial charge is 0.492 e. The number of rotatable bonds is 8. The van der Waals surface area contributed by atoms with Crippen molar-refractivity contribution in [3.05, 3.63) is 53.8 Å². The highest BCUT2D eigenvalue weighted by Gasteiger charge is 2.21. The number of amides is 1. The number of carbonyl (C=O) groups excluding carboxylic acids is 2. The van der Waals surface area contributed by atoms with E-state index >= 15 is 0 Å². The molecule has 35 heavy (non-hydrogen) atoms. The van der Waals surface area contributed by atoms with Crippen LogP contribution in [0.25, 0.3) is 5.69 Å². The van der Waals surface area contributed by atoms with E-state index in [2.05, 4.69) is 15.4 Å². The zero-order valence-electron chi connectivity index (χ0n) is 20.2. The van der Waals surface area contributed by atoms with E-state index in [4.69, 9.17) is 15.2 Å². The van der Waals surface area contributed by atoms with Crippen LogP contribution in [0.2, 0.25) is 0 Å². The molecule has 3 N–H and O–H groups in total. The number of aromatic nitrogens is 3. The van der Waals surface area contributed by atoms with E-state index in [1.54, 1.807) is 23.1 Å². The van der Waals surface area contributed by atoms with Crippen LogP contribution in [0.5, 0.6) is 5.75 Å². The van der Waals surface area contributed by atoms with Crippen molar-refractivity contribution in [2.24, 2.45) is 0 Å². The minimum atomic E-state index is -0.488. The van der Waals surface area contributed by atoms with E-state index < -0.39 is 6.04 Å². The third-order valence-electron chi connectivity index (χ3n) is 5.43. The van der Waals surface area contributed by atoms with Crippen molar-refractivity contribution in [3.63, 3.8) is 0 Å². The molecule has 1 fully saturated rings. The van der Waals surface area contributed by atoms with Crippen molar-refractivity contribution < 1.29 is 19.1 Å². The topological polar surface area (TPSA) is 125 Å². The van der Waals surface area contributed by atoms with Crippen molar-refractivity contribution >= 4 is 23.7 Å². The Morgan fingerprint density at radius 3 is 2.69 bits per heavy atom. The number of carbonyl (C=O) groups is 1. The number of ether oxygens (including phenoxy) is 2. The number of allylic oxidation sites excluding steroid dienone is 1. The number of likely N-dealkylation sites (tertiary alicyclic amines) is 1. The fourth-order valence-electron chi connectivity index (χ4n) is 3.83. The number of nitrogens with two attached hydrogens (primary N) is 1. The molecule has 1 saturated heterocycles. The number of anilines is 2. The number of nitrogens with one attached hydrogen (secondary N) is 1. The van der Waals surface area contributed by atoms with Gasteiger partial charge in [0.15, 0.2) is 0 Å². The molecule has 1 aromatic heterocycles. The average Bonchev–Trinajstić information content (AvgIpc) is 3.39. The Labute approximate surface area is 204 Å². The minimum absolute atomic E-state index is 0.153. The summed E-state index contributed by atoms with van der Waals surface area (Å²) in [5, 5.41) is 7.52. The Morgan fingerprint density at radius 2 is 2.03 bits per heavy atom. The third kappa shape index (κ3) is 6.10.